The number of phenols is 2. The summed E-state index contributed by atoms with van der Waals surface area (Å²) in [5.41, 5.74) is -2.58. The monoisotopic (exact) mass is 644 g/mol. The minimum Gasteiger partial charge on any atom is -0.632 e. The van der Waals surface area contributed by atoms with Crippen LogP contribution in [0.4, 0.5) is 46.5 Å². The molecule has 0 spiro atoms. The summed E-state index contributed by atoms with van der Waals surface area (Å²) in [6.45, 7) is -8.48. The summed E-state index contributed by atoms with van der Waals surface area (Å²) in [7, 11) is 0. The molecule has 244 valence electrons. The number of phenolic OH excluding ortho intramolecular Hbond substituents is 2. The van der Waals surface area contributed by atoms with Crippen molar-refractivity contribution >= 4 is 22.9 Å². The van der Waals surface area contributed by atoms with Crippen LogP contribution in [0.3, 0.4) is 0 Å². The van der Waals surface area contributed by atoms with Crippen LogP contribution < -0.4 is 10.6 Å². The van der Waals surface area contributed by atoms with Gasteiger partial charge in [-0.2, -0.15) is 0 Å². The summed E-state index contributed by atoms with van der Waals surface area (Å²) in [5.74, 6) is -3.49. The molecule has 0 unspecified atom stereocenters. The maximum Gasteiger partial charge on any atom is 0.286 e. The molecule has 2 aromatic rings. The molecule has 0 aliphatic heterocycles. The van der Waals surface area contributed by atoms with E-state index in [1.54, 1.807) is 0 Å². The van der Waals surface area contributed by atoms with Gasteiger partial charge in [-0.3, -0.25) is 9.59 Å². The van der Waals surface area contributed by atoms with E-state index < -0.39 is 133 Å². The van der Waals surface area contributed by atoms with Crippen LogP contribution in [0.2, 0.25) is 0 Å². The summed E-state index contributed by atoms with van der Waals surface area (Å²) in [6, 6.07) is 4.15. The minimum atomic E-state index is -3.21. The van der Waals surface area contributed by atoms with E-state index in [-0.39, 0.29) is 11.4 Å². The van der Waals surface area contributed by atoms with Gasteiger partial charge < -0.3 is 40.6 Å². The second-order valence-electron chi connectivity index (χ2n) is 10.1. The lowest BCUT2D eigenvalue weighted by Crippen LogP contribution is -2.51. The van der Waals surface area contributed by atoms with E-state index in [0.29, 0.717) is 0 Å². The normalized spacial score (nSPS) is 13.7. The number of alkyl halides is 8. The lowest BCUT2D eigenvalue weighted by molar-refractivity contribution is -0.887. The van der Waals surface area contributed by atoms with Crippen LogP contribution in [0.1, 0.15) is 31.8 Å². The molecule has 0 heterocycles. The maximum absolute atomic E-state index is 13.6. The SMILES string of the molecule is O=C1c2c(O)ccc(O)c2C(=O)c2c(NCC[N+]([O-])(CC(F)F)CC(F)F)ccc(NCC[N+]([O-])(CC(F)F)CC(F)F)c21. The Bertz CT molecular complexity index is 1240. The number of benzene rings is 2. The molecule has 0 aromatic heterocycles. The summed E-state index contributed by atoms with van der Waals surface area (Å²) in [6.07, 6.45) is -12.8. The fourth-order valence-corrected chi connectivity index (χ4v) is 4.97. The Morgan fingerprint density at radius 3 is 1.14 bits per heavy atom. The third-order valence-electron chi connectivity index (χ3n) is 6.83. The second-order valence-corrected chi connectivity index (χ2v) is 10.1. The van der Waals surface area contributed by atoms with Crippen LogP contribution in [0, 0.1) is 10.4 Å². The number of hydrogen-bond donors (Lipinski definition) is 4. The molecule has 10 nitrogen and oxygen atoms in total. The topological polar surface area (TPSA) is 145 Å². The molecule has 3 rings (SSSR count). The van der Waals surface area contributed by atoms with Crippen LogP contribution in [-0.4, -0.2) is 109 Å². The molecular formula is C26H28F8N4O6. The highest BCUT2D eigenvalue weighted by Crippen LogP contribution is 2.42. The molecule has 2 aromatic carbocycles. The molecule has 1 aliphatic rings. The van der Waals surface area contributed by atoms with Gasteiger partial charge in [-0.25, -0.2) is 35.1 Å². The van der Waals surface area contributed by atoms with E-state index in [1.165, 1.54) is 0 Å². The summed E-state index contributed by atoms with van der Waals surface area (Å²) in [5, 5.41) is 50.9. The number of ketones is 2. The number of aromatic hydroxyl groups is 2. The number of hydroxylamine groups is 6. The average Bonchev–Trinajstić information content (AvgIpc) is 2.86. The standard InChI is InChI=1S/C26H28F8N4O6/c27-17(28)9-37(43,10-18(29)30)7-5-35-13-1-2-14(36-6-8-38(44,11-19(31)32)12-20(33)34)22-21(13)25(41)23-15(39)3-4-16(40)24(23)26(22)42/h1-4,17-20,35-36,39-40H,5-12H2. The largest absolute Gasteiger partial charge is 0.632 e. The Kier molecular flexibility index (Phi) is 11.0. The number of rotatable bonds is 16. The number of halogens is 8. The number of anilines is 2. The Morgan fingerprint density at radius 1 is 0.568 bits per heavy atom. The Morgan fingerprint density at radius 2 is 0.864 bits per heavy atom. The fraction of sp³-hybridized carbons (Fsp3) is 0.462. The van der Waals surface area contributed by atoms with Crippen molar-refractivity contribution < 1.29 is 64.2 Å². The van der Waals surface area contributed by atoms with Crippen molar-refractivity contribution in [1.82, 2.24) is 0 Å². The molecule has 0 atom stereocenters. The third kappa shape index (κ3) is 8.25. The first kappa shape index (κ1) is 34.7. The van der Waals surface area contributed by atoms with Gasteiger partial charge in [0.05, 0.1) is 48.4 Å². The summed E-state index contributed by atoms with van der Waals surface area (Å²) >= 11 is 0. The van der Waals surface area contributed by atoms with E-state index in [1.807, 2.05) is 0 Å². The first-order chi connectivity index (χ1) is 20.5. The zero-order chi connectivity index (χ0) is 33.0. The lowest BCUT2D eigenvalue weighted by atomic mass is 9.81. The molecule has 18 heteroatoms. The van der Waals surface area contributed by atoms with Crippen LogP contribution in [0.15, 0.2) is 24.3 Å². The van der Waals surface area contributed by atoms with E-state index in [9.17, 15) is 65.3 Å². The van der Waals surface area contributed by atoms with Crippen LogP contribution >= 0.6 is 0 Å². The van der Waals surface area contributed by atoms with Crippen molar-refractivity contribution in [1.29, 1.82) is 0 Å². The number of hydrogen-bond acceptors (Lipinski definition) is 8. The predicted octanol–water partition coefficient (Wildman–Crippen LogP) is 4.39. The van der Waals surface area contributed by atoms with Gasteiger partial charge in [0.1, 0.15) is 37.7 Å². The van der Waals surface area contributed by atoms with Gasteiger partial charge in [0.25, 0.3) is 25.7 Å². The molecular weight excluding hydrogens is 616 g/mol. The zero-order valence-electron chi connectivity index (χ0n) is 22.7. The molecule has 0 saturated heterocycles. The van der Waals surface area contributed by atoms with Gasteiger partial charge in [-0.1, -0.05) is 0 Å². The molecule has 0 amide bonds. The van der Waals surface area contributed by atoms with Gasteiger partial charge in [0.2, 0.25) is 11.6 Å². The number of carbonyl (C=O) groups is 2. The quantitative estimate of drug-likeness (QED) is 0.0779. The number of nitrogens with one attached hydrogen (secondary N) is 2. The molecule has 44 heavy (non-hydrogen) atoms. The highest BCUT2D eigenvalue weighted by molar-refractivity contribution is 6.33. The smallest absolute Gasteiger partial charge is 0.286 e. The van der Waals surface area contributed by atoms with Gasteiger partial charge in [0.15, 0.2) is 0 Å². The van der Waals surface area contributed by atoms with E-state index in [4.69, 9.17) is 0 Å². The Labute approximate surface area is 244 Å². The van der Waals surface area contributed by atoms with Gasteiger partial charge in [-0.15, -0.1) is 0 Å². The van der Waals surface area contributed by atoms with E-state index in [2.05, 4.69) is 10.6 Å². The van der Waals surface area contributed by atoms with Crippen molar-refractivity contribution in [3.8, 4) is 11.5 Å². The van der Waals surface area contributed by atoms with E-state index in [0.717, 1.165) is 24.3 Å². The summed E-state index contributed by atoms with van der Waals surface area (Å²) in [4.78, 5) is 27.1. The highest BCUT2D eigenvalue weighted by atomic mass is 19.3. The van der Waals surface area contributed by atoms with Crippen molar-refractivity contribution in [2.45, 2.75) is 25.7 Å². The molecule has 0 radical (unpaired) electrons. The molecule has 0 fully saturated rings. The van der Waals surface area contributed by atoms with Crippen LogP contribution in [0.25, 0.3) is 0 Å². The van der Waals surface area contributed by atoms with Crippen molar-refractivity contribution in [2.75, 3.05) is 63.0 Å². The molecule has 1 aliphatic carbocycles. The summed E-state index contributed by atoms with van der Waals surface area (Å²) < 4.78 is 99.2. The minimum absolute atomic E-state index is 0.206. The Balaban J connectivity index is 1.98. The van der Waals surface area contributed by atoms with Gasteiger partial charge in [0, 0.05) is 11.4 Å². The average molecular weight is 645 g/mol. The van der Waals surface area contributed by atoms with Crippen molar-refractivity contribution in [3.63, 3.8) is 0 Å². The number of nitrogens with zero attached hydrogens (tertiary/aromatic N) is 2. The highest BCUT2D eigenvalue weighted by Gasteiger charge is 2.38. The number of quaternary nitrogens is 2. The van der Waals surface area contributed by atoms with Gasteiger partial charge >= 0.3 is 0 Å². The lowest BCUT2D eigenvalue weighted by Gasteiger charge is -2.42. The first-order valence-electron chi connectivity index (χ1n) is 13.0. The second kappa shape index (κ2) is 13.9. The zero-order valence-corrected chi connectivity index (χ0v) is 22.7. The fourth-order valence-electron chi connectivity index (χ4n) is 4.97. The number of carbonyl (C=O) groups excluding carboxylic acids is 2. The maximum atomic E-state index is 13.6. The van der Waals surface area contributed by atoms with Crippen LogP contribution in [-0.2, 0) is 0 Å². The Hall–Kier alpha value is -3.74. The molecule has 0 bridgehead atoms. The van der Waals surface area contributed by atoms with Crippen LogP contribution in [0.5, 0.6) is 11.5 Å². The van der Waals surface area contributed by atoms with E-state index >= 15 is 0 Å². The third-order valence-corrected chi connectivity index (χ3v) is 6.83. The first-order valence-corrected chi connectivity index (χ1v) is 13.0. The number of fused-ring (bicyclic) bond motifs is 2. The van der Waals surface area contributed by atoms with Gasteiger partial charge in [-0.05, 0) is 24.3 Å². The molecule has 0 saturated carbocycles. The molecule has 4 N–H and O–H groups in total. The van der Waals surface area contributed by atoms with Crippen molar-refractivity contribution in [2.24, 2.45) is 0 Å². The van der Waals surface area contributed by atoms with Crippen molar-refractivity contribution in [3.05, 3.63) is 56.9 Å². The predicted molar refractivity (Wildman–Crippen MR) is 141 cm³/mol.